The molecule has 0 fully saturated rings. The Bertz CT molecular complexity index is 3920. The van der Waals surface area contributed by atoms with E-state index in [-0.39, 0.29) is 0 Å². The minimum Gasteiger partial charge on any atom is -0.309 e. The summed E-state index contributed by atoms with van der Waals surface area (Å²) in [5.74, 6) is 3.20. The molecule has 0 saturated carbocycles. The van der Waals surface area contributed by atoms with Gasteiger partial charge in [0.25, 0.3) is 0 Å². The fourth-order valence-electron chi connectivity index (χ4n) is 10.9. The Balaban J connectivity index is 1.12. The van der Waals surface area contributed by atoms with Crippen molar-refractivity contribution in [3.05, 3.63) is 284 Å². The Morgan fingerprint density at radius 2 is 0.649 bits per heavy atom. The molecule has 0 atom stereocenters. The van der Waals surface area contributed by atoms with Crippen LogP contribution in [-0.2, 0) is 5.41 Å². The molecular weight excluding hydrogens is 903 g/mol. The van der Waals surface area contributed by atoms with E-state index in [1.54, 1.807) is 0 Å². The summed E-state index contributed by atoms with van der Waals surface area (Å²) in [5.41, 5.74) is 14.0. The summed E-state index contributed by atoms with van der Waals surface area (Å²) in [5, 5.41) is 2.18. The molecule has 1 aliphatic carbocycles. The number of fused-ring (bicyclic) bond motifs is 6. The van der Waals surface area contributed by atoms with Crippen LogP contribution < -0.4 is 0 Å². The van der Waals surface area contributed by atoms with Gasteiger partial charge in [0, 0.05) is 38.7 Å². The first kappa shape index (κ1) is 42.9. The lowest BCUT2D eigenvalue weighted by molar-refractivity contribution is 0.640. The van der Waals surface area contributed by atoms with Crippen LogP contribution >= 0.6 is 0 Å². The van der Waals surface area contributed by atoms with Gasteiger partial charge in [-0.2, -0.15) is 0 Å². The van der Waals surface area contributed by atoms with Crippen LogP contribution in [-0.4, -0.2) is 34.5 Å². The number of aromatic nitrogens is 7. The molecule has 7 nitrogen and oxygen atoms in total. The Morgan fingerprint density at radius 3 is 1.11 bits per heavy atom. The smallest absolute Gasteiger partial charge is 0.163 e. The number of para-hydroxylation sites is 1. The van der Waals surface area contributed by atoms with Gasteiger partial charge in [0.2, 0.25) is 0 Å². The van der Waals surface area contributed by atoms with Crippen molar-refractivity contribution in [1.82, 2.24) is 34.5 Å². The highest BCUT2D eigenvalue weighted by molar-refractivity contribution is 6.12. The SMILES string of the molecule is c1ccc(-c2cc(-c3ccccc3)cc(-n3c4ccccc4c4cc5c(cc43)-c3ccccc3C5(c3nc(-c4ccccc4)nc(-c4ccccc4)n3)c3nc(-c4ccccc4)nc(-c4ccccc4)n3)c2)cc1. The molecule has 0 amide bonds. The van der Waals surface area contributed by atoms with E-state index in [1.807, 2.05) is 72.8 Å². The maximum absolute atomic E-state index is 5.61. The van der Waals surface area contributed by atoms with Gasteiger partial charge in [-0.05, 0) is 80.9 Å². The summed E-state index contributed by atoms with van der Waals surface area (Å²) < 4.78 is 2.43. The normalized spacial score (nSPS) is 12.4. The van der Waals surface area contributed by atoms with E-state index in [1.165, 1.54) is 0 Å². The molecule has 1 aliphatic rings. The zero-order valence-electron chi connectivity index (χ0n) is 40.0. The lowest BCUT2D eigenvalue weighted by Gasteiger charge is -2.30. The third kappa shape index (κ3) is 7.13. The van der Waals surface area contributed by atoms with Crippen molar-refractivity contribution in [2.45, 2.75) is 5.41 Å². The molecular formula is C67H43N7. The van der Waals surface area contributed by atoms with E-state index in [0.717, 1.165) is 94.3 Å². The number of nitrogens with zero attached hydrogens (tertiary/aromatic N) is 7. The van der Waals surface area contributed by atoms with Crippen molar-refractivity contribution in [1.29, 1.82) is 0 Å². The third-order valence-electron chi connectivity index (χ3n) is 14.3. The van der Waals surface area contributed by atoms with Gasteiger partial charge in [0.05, 0.1) is 11.0 Å². The minimum absolute atomic E-state index is 0.506. The highest BCUT2D eigenvalue weighted by Gasteiger charge is 2.52. The quantitative estimate of drug-likeness (QED) is 0.143. The Kier molecular flexibility index (Phi) is 10.3. The van der Waals surface area contributed by atoms with E-state index >= 15 is 0 Å². The lowest BCUT2D eigenvalue weighted by Crippen LogP contribution is -2.34. The fourth-order valence-corrected chi connectivity index (χ4v) is 10.9. The van der Waals surface area contributed by atoms with Crippen LogP contribution in [0.3, 0.4) is 0 Å². The van der Waals surface area contributed by atoms with Gasteiger partial charge in [-0.3, -0.25) is 0 Å². The van der Waals surface area contributed by atoms with Crippen molar-refractivity contribution in [2.75, 3.05) is 0 Å². The van der Waals surface area contributed by atoms with Gasteiger partial charge in [0.15, 0.2) is 34.9 Å². The third-order valence-corrected chi connectivity index (χ3v) is 14.3. The average Bonchev–Trinajstić information content (AvgIpc) is 3.98. The monoisotopic (exact) mass is 945 g/mol. The van der Waals surface area contributed by atoms with Gasteiger partial charge in [-0.25, -0.2) is 29.9 Å². The number of hydrogen-bond acceptors (Lipinski definition) is 6. The van der Waals surface area contributed by atoms with E-state index < -0.39 is 5.41 Å². The van der Waals surface area contributed by atoms with E-state index in [2.05, 4.69) is 193 Å². The second-order valence-corrected chi connectivity index (χ2v) is 18.6. The van der Waals surface area contributed by atoms with Gasteiger partial charge >= 0.3 is 0 Å². The van der Waals surface area contributed by atoms with Crippen LogP contribution in [0, 0.1) is 0 Å². The first-order chi connectivity index (χ1) is 36.7. The first-order valence-corrected chi connectivity index (χ1v) is 24.9. The molecule has 3 heterocycles. The van der Waals surface area contributed by atoms with E-state index in [0.29, 0.717) is 34.9 Å². The zero-order valence-corrected chi connectivity index (χ0v) is 40.0. The lowest BCUT2D eigenvalue weighted by atomic mass is 9.75. The zero-order chi connectivity index (χ0) is 49.0. The molecule has 13 aromatic rings. The number of hydrogen-bond donors (Lipinski definition) is 0. The molecule has 0 N–H and O–H groups in total. The molecule has 0 unspecified atom stereocenters. The summed E-state index contributed by atoms with van der Waals surface area (Å²) in [7, 11) is 0. The molecule has 0 radical (unpaired) electrons. The standard InChI is InChI=1S/C67H43N7/c1-7-23-44(24-8-1)50-39-51(45-25-9-2-10-26-45)41-52(40-50)74-59-38-22-20-36-54(59)56-42-58-55(43-60(56)74)53-35-19-21-37-57(53)67(58,65-70-61(46-27-11-3-12-28-46)68-62(71-65)47-29-13-4-14-30-47)66-72-63(48-31-15-5-16-32-48)69-64(73-66)49-33-17-6-18-34-49/h1-43H. The van der Waals surface area contributed by atoms with Crippen molar-refractivity contribution in [3.63, 3.8) is 0 Å². The molecule has 74 heavy (non-hydrogen) atoms. The minimum atomic E-state index is -1.29. The maximum Gasteiger partial charge on any atom is 0.163 e. The van der Waals surface area contributed by atoms with Crippen LogP contribution in [0.1, 0.15) is 22.8 Å². The second-order valence-electron chi connectivity index (χ2n) is 18.6. The Hall–Kier alpha value is -9.98. The van der Waals surface area contributed by atoms with E-state index in [9.17, 15) is 0 Å². The van der Waals surface area contributed by atoms with Gasteiger partial charge in [-0.15, -0.1) is 0 Å². The van der Waals surface area contributed by atoms with Crippen molar-refractivity contribution < 1.29 is 0 Å². The second kappa shape index (κ2) is 17.7. The molecule has 7 heteroatoms. The maximum atomic E-state index is 5.61. The van der Waals surface area contributed by atoms with Crippen molar-refractivity contribution in [2.24, 2.45) is 0 Å². The van der Waals surface area contributed by atoms with Gasteiger partial charge in [-0.1, -0.05) is 224 Å². The summed E-state index contributed by atoms with van der Waals surface area (Å²) >= 11 is 0. The highest BCUT2D eigenvalue weighted by Crippen LogP contribution is 2.57. The number of benzene rings is 10. The van der Waals surface area contributed by atoms with Crippen LogP contribution in [0.25, 0.3) is 106 Å². The molecule has 0 bridgehead atoms. The summed E-state index contributed by atoms with van der Waals surface area (Å²) in [6, 6.07) is 90.9. The molecule has 10 aromatic carbocycles. The molecule has 0 spiro atoms. The van der Waals surface area contributed by atoms with Crippen molar-refractivity contribution in [3.8, 4) is 84.6 Å². The first-order valence-electron chi connectivity index (χ1n) is 24.9. The molecule has 346 valence electrons. The number of rotatable bonds is 9. The fraction of sp³-hybridized carbons (Fsp3) is 0.0149. The van der Waals surface area contributed by atoms with Crippen LogP contribution in [0.2, 0.25) is 0 Å². The van der Waals surface area contributed by atoms with Crippen LogP contribution in [0.4, 0.5) is 0 Å². The summed E-state index contributed by atoms with van der Waals surface area (Å²) in [4.78, 5) is 32.9. The topological polar surface area (TPSA) is 82.3 Å². The molecule has 0 aliphatic heterocycles. The Morgan fingerprint density at radius 1 is 0.257 bits per heavy atom. The van der Waals surface area contributed by atoms with Gasteiger partial charge < -0.3 is 4.57 Å². The molecule has 14 rings (SSSR count). The molecule has 0 saturated heterocycles. The summed E-state index contributed by atoms with van der Waals surface area (Å²) in [6.45, 7) is 0. The summed E-state index contributed by atoms with van der Waals surface area (Å²) in [6.07, 6.45) is 0. The van der Waals surface area contributed by atoms with E-state index in [4.69, 9.17) is 29.9 Å². The largest absolute Gasteiger partial charge is 0.309 e. The predicted octanol–water partition coefficient (Wildman–Crippen LogP) is 15.5. The predicted molar refractivity (Wildman–Crippen MR) is 297 cm³/mol. The Labute approximate surface area is 427 Å². The average molecular weight is 946 g/mol. The highest BCUT2D eigenvalue weighted by atomic mass is 15.1. The van der Waals surface area contributed by atoms with Crippen LogP contribution in [0.15, 0.2) is 261 Å². The van der Waals surface area contributed by atoms with Crippen LogP contribution in [0.5, 0.6) is 0 Å². The molecule has 3 aromatic heterocycles. The van der Waals surface area contributed by atoms with Gasteiger partial charge in [0.1, 0.15) is 5.41 Å². The van der Waals surface area contributed by atoms with Crippen molar-refractivity contribution >= 4 is 21.8 Å².